The Morgan fingerprint density at radius 2 is 1.69 bits per heavy atom. The van der Waals surface area contributed by atoms with E-state index in [4.69, 9.17) is 4.74 Å². The van der Waals surface area contributed by atoms with Gasteiger partial charge in [-0.25, -0.2) is 4.39 Å². The molecule has 142 valence electrons. The lowest BCUT2D eigenvalue weighted by atomic mass is 10.1. The number of benzene rings is 2. The molecule has 0 saturated carbocycles. The predicted molar refractivity (Wildman–Crippen MR) is 116 cm³/mol. The highest BCUT2D eigenvalue weighted by Gasteiger charge is 2.00. The van der Waals surface area contributed by atoms with Crippen molar-refractivity contribution in [2.75, 3.05) is 27.2 Å². The molecule has 0 heterocycles. The first-order valence-corrected chi connectivity index (χ1v) is 8.53. The van der Waals surface area contributed by atoms with Crippen LogP contribution in [-0.2, 0) is 12.8 Å². The number of aryl methyl sites for hydroxylation is 1. The summed E-state index contributed by atoms with van der Waals surface area (Å²) in [5.41, 5.74) is 2.23. The third-order valence-electron chi connectivity index (χ3n) is 3.89. The standard InChI is InChI=1S/C20H26FN3O.HI/c1-22-20(24-13-11-17-6-3-9-18(21)14-17)23-12-5-8-16-7-4-10-19(15-16)25-2;/h3-4,6-7,9-10,14-15H,5,8,11-13H2,1-2H3,(H2,22,23,24);1H. The van der Waals surface area contributed by atoms with Gasteiger partial charge in [0.15, 0.2) is 5.96 Å². The van der Waals surface area contributed by atoms with Crippen molar-refractivity contribution in [3.63, 3.8) is 0 Å². The zero-order chi connectivity index (χ0) is 17.9. The minimum atomic E-state index is -0.197. The van der Waals surface area contributed by atoms with Crippen LogP contribution in [0, 0.1) is 5.82 Å². The lowest BCUT2D eigenvalue weighted by molar-refractivity contribution is 0.414. The molecule has 26 heavy (non-hydrogen) atoms. The lowest BCUT2D eigenvalue weighted by Gasteiger charge is -2.12. The number of aliphatic imine (C=N–C) groups is 1. The summed E-state index contributed by atoms with van der Waals surface area (Å²) in [5.74, 6) is 1.46. The smallest absolute Gasteiger partial charge is 0.190 e. The number of rotatable bonds is 8. The van der Waals surface area contributed by atoms with Crippen molar-refractivity contribution in [3.8, 4) is 5.75 Å². The molecule has 0 bridgehead atoms. The highest BCUT2D eigenvalue weighted by molar-refractivity contribution is 14.0. The summed E-state index contributed by atoms with van der Waals surface area (Å²) >= 11 is 0. The van der Waals surface area contributed by atoms with Gasteiger partial charge in [0.25, 0.3) is 0 Å². The molecule has 0 aromatic heterocycles. The fourth-order valence-electron chi connectivity index (χ4n) is 2.57. The van der Waals surface area contributed by atoms with Crippen LogP contribution in [0.25, 0.3) is 0 Å². The number of nitrogens with zero attached hydrogens (tertiary/aromatic N) is 1. The fourth-order valence-corrected chi connectivity index (χ4v) is 2.57. The molecule has 0 atom stereocenters. The number of halogens is 2. The second kappa shape index (κ2) is 12.5. The fraction of sp³-hybridized carbons (Fsp3) is 0.350. The molecule has 0 spiro atoms. The van der Waals surface area contributed by atoms with Crippen molar-refractivity contribution in [1.29, 1.82) is 0 Å². The Morgan fingerprint density at radius 3 is 2.38 bits per heavy atom. The lowest BCUT2D eigenvalue weighted by Crippen LogP contribution is -2.38. The van der Waals surface area contributed by atoms with Crippen molar-refractivity contribution >= 4 is 29.9 Å². The van der Waals surface area contributed by atoms with Crippen molar-refractivity contribution in [1.82, 2.24) is 10.6 Å². The maximum absolute atomic E-state index is 13.1. The summed E-state index contributed by atoms with van der Waals surface area (Å²) < 4.78 is 18.4. The molecule has 6 heteroatoms. The number of nitrogens with one attached hydrogen (secondary N) is 2. The topological polar surface area (TPSA) is 45.7 Å². The van der Waals surface area contributed by atoms with Crippen LogP contribution in [0.2, 0.25) is 0 Å². The maximum Gasteiger partial charge on any atom is 0.190 e. The molecule has 2 aromatic rings. The Labute approximate surface area is 172 Å². The van der Waals surface area contributed by atoms with E-state index in [1.807, 2.05) is 18.2 Å². The van der Waals surface area contributed by atoms with Gasteiger partial charge in [-0.3, -0.25) is 4.99 Å². The van der Waals surface area contributed by atoms with Crippen molar-refractivity contribution in [2.24, 2.45) is 4.99 Å². The van der Waals surface area contributed by atoms with Gasteiger partial charge in [-0.05, 0) is 54.7 Å². The van der Waals surface area contributed by atoms with Crippen LogP contribution in [0.1, 0.15) is 17.5 Å². The molecular formula is C20H27FIN3O. The van der Waals surface area contributed by atoms with Gasteiger partial charge in [-0.15, -0.1) is 24.0 Å². The minimum absolute atomic E-state index is 0. The van der Waals surface area contributed by atoms with E-state index in [2.05, 4.69) is 27.8 Å². The summed E-state index contributed by atoms with van der Waals surface area (Å²) in [5, 5.41) is 6.55. The first-order valence-electron chi connectivity index (χ1n) is 8.53. The molecule has 0 aliphatic carbocycles. The quantitative estimate of drug-likeness (QED) is 0.267. The van der Waals surface area contributed by atoms with E-state index in [1.54, 1.807) is 26.3 Å². The summed E-state index contributed by atoms with van der Waals surface area (Å²) in [6, 6.07) is 14.8. The van der Waals surface area contributed by atoms with E-state index >= 15 is 0 Å². The molecule has 2 N–H and O–H groups in total. The van der Waals surface area contributed by atoms with Gasteiger partial charge < -0.3 is 15.4 Å². The van der Waals surface area contributed by atoms with Gasteiger partial charge in [0, 0.05) is 20.1 Å². The van der Waals surface area contributed by atoms with Crippen LogP contribution in [0.15, 0.2) is 53.5 Å². The predicted octanol–water partition coefficient (Wildman–Crippen LogP) is 3.79. The van der Waals surface area contributed by atoms with E-state index in [0.717, 1.165) is 43.1 Å². The van der Waals surface area contributed by atoms with Gasteiger partial charge in [0.2, 0.25) is 0 Å². The maximum atomic E-state index is 13.1. The second-order valence-corrected chi connectivity index (χ2v) is 5.76. The Hall–Kier alpha value is -1.83. The first-order chi connectivity index (χ1) is 12.2. The molecule has 0 saturated heterocycles. The highest BCUT2D eigenvalue weighted by Crippen LogP contribution is 2.13. The van der Waals surface area contributed by atoms with Gasteiger partial charge in [0.1, 0.15) is 11.6 Å². The van der Waals surface area contributed by atoms with Crippen molar-refractivity contribution in [2.45, 2.75) is 19.3 Å². The van der Waals surface area contributed by atoms with Crippen LogP contribution < -0.4 is 15.4 Å². The molecule has 4 nitrogen and oxygen atoms in total. The molecule has 0 fully saturated rings. The van der Waals surface area contributed by atoms with Gasteiger partial charge >= 0.3 is 0 Å². The highest BCUT2D eigenvalue weighted by atomic mass is 127. The third-order valence-corrected chi connectivity index (χ3v) is 3.89. The van der Waals surface area contributed by atoms with E-state index in [9.17, 15) is 4.39 Å². The largest absolute Gasteiger partial charge is 0.497 e. The van der Waals surface area contributed by atoms with E-state index in [0.29, 0.717) is 6.54 Å². The molecule has 0 amide bonds. The molecular weight excluding hydrogens is 444 g/mol. The molecule has 0 unspecified atom stereocenters. The zero-order valence-electron chi connectivity index (χ0n) is 15.3. The number of hydrogen-bond donors (Lipinski definition) is 2. The van der Waals surface area contributed by atoms with Crippen LogP contribution in [0.4, 0.5) is 4.39 Å². The Morgan fingerprint density at radius 1 is 1.00 bits per heavy atom. The monoisotopic (exact) mass is 471 g/mol. The summed E-state index contributed by atoms with van der Waals surface area (Å²) in [6.07, 6.45) is 2.73. The molecule has 0 radical (unpaired) electrons. The first kappa shape index (κ1) is 22.2. The minimum Gasteiger partial charge on any atom is -0.497 e. The van der Waals surface area contributed by atoms with Gasteiger partial charge in [-0.1, -0.05) is 24.3 Å². The number of hydrogen-bond acceptors (Lipinski definition) is 2. The van der Waals surface area contributed by atoms with Crippen molar-refractivity contribution < 1.29 is 9.13 Å². The van der Waals surface area contributed by atoms with E-state index in [-0.39, 0.29) is 29.8 Å². The van der Waals surface area contributed by atoms with Gasteiger partial charge in [0.05, 0.1) is 7.11 Å². The summed E-state index contributed by atoms with van der Waals surface area (Å²) in [4.78, 5) is 4.21. The number of ether oxygens (including phenoxy) is 1. The van der Waals surface area contributed by atoms with Crippen LogP contribution in [0.5, 0.6) is 5.75 Å². The van der Waals surface area contributed by atoms with E-state index < -0.39 is 0 Å². The van der Waals surface area contributed by atoms with Crippen LogP contribution in [-0.4, -0.2) is 33.2 Å². The average Bonchev–Trinajstić information content (AvgIpc) is 2.64. The Bertz CT molecular complexity index is 694. The second-order valence-electron chi connectivity index (χ2n) is 5.76. The summed E-state index contributed by atoms with van der Waals surface area (Å²) in [7, 11) is 3.43. The van der Waals surface area contributed by atoms with Gasteiger partial charge in [-0.2, -0.15) is 0 Å². The summed E-state index contributed by atoms with van der Waals surface area (Å²) in [6.45, 7) is 1.54. The average molecular weight is 471 g/mol. The Kier molecular flexibility index (Phi) is 10.7. The zero-order valence-corrected chi connectivity index (χ0v) is 17.6. The molecule has 0 aliphatic heterocycles. The molecule has 0 aliphatic rings. The number of guanidine groups is 1. The Balaban J connectivity index is 0.00000338. The number of methoxy groups -OCH3 is 1. The third kappa shape index (κ3) is 8.03. The SMILES string of the molecule is CN=C(NCCCc1cccc(OC)c1)NCCc1cccc(F)c1.I. The van der Waals surface area contributed by atoms with Crippen LogP contribution in [0.3, 0.4) is 0 Å². The molecule has 2 aromatic carbocycles. The molecule has 2 rings (SSSR count). The van der Waals surface area contributed by atoms with E-state index in [1.165, 1.54) is 11.6 Å². The van der Waals surface area contributed by atoms with Crippen molar-refractivity contribution in [3.05, 3.63) is 65.5 Å². The van der Waals surface area contributed by atoms with Crippen LogP contribution >= 0.6 is 24.0 Å². The normalized spacial score (nSPS) is 10.8.